The smallest absolute Gasteiger partial charge is 0.303 e. The average Bonchev–Trinajstić information content (AvgIpc) is 2.54. The third-order valence-corrected chi connectivity index (χ3v) is 3.42. The van der Waals surface area contributed by atoms with Crippen LogP contribution in [0.5, 0.6) is 0 Å². The van der Waals surface area contributed by atoms with Crippen LogP contribution in [0.15, 0.2) is 0 Å². The number of hydrogen-bond acceptors (Lipinski definition) is 5. The van der Waals surface area contributed by atoms with Gasteiger partial charge in [0.2, 0.25) is 23.6 Å². The van der Waals surface area contributed by atoms with Gasteiger partial charge >= 0.3 is 5.97 Å². The van der Waals surface area contributed by atoms with Gasteiger partial charge in [-0.2, -0.15) is 0 Å². The molecule has 0 aliphatic carbocycles. The molecule has 148 valence electrons. The van der Waals surface area contributed by atoms with Crippen LogP contribution in [0.25, 0.3) is 0 Å². The average molecular weight is 372 g/mol. The Kier molecular flexibility index (Phi) is 10.6. The summed E-state index contributed by atoms with van der Waals surface area (Å²) >= 11 is 0. The van der Waals surface area contributed by atoms with Gasteiger partial charge in [0.1, 0.15) is 18.1 Å². The van der Waals surface area contributed by atoms with Gasteiger partial charge < -0.3 is 26.4 Å². The molecule has 0 aromatic carbocycles. The molecule has 3 unspecified atom stereocenters. The summed E-state index contributed by atoms with van der Waals surface area (Å²) in [6, 6.07) is -2.53. The molecule has 10 heteroatoms. The zero-order valence-electron chi connectivity index (χ0n) is 15.5. The Morgan fingerprint density at radius 1 is 0.769 bits per heavy atom. The van der Waals surface area contributed by atoms with Crippen molar-refractivity contribution in [1.29, 1.82) is 0 Å². The van der Waals surface area contributed by atoms with Crippen molar-refractivity contribution in [3.8, 4) is 0 Å². The molecule has 0 radical (unpaired) electrons. The van der Waals surface area contributed by atoms with Gasteiger partial charge in [-0.1, -0.05) is 0 Å². The van der Waals surface area contributed by atoms with Crippen molar-refractivity contribution in [2.75, 3.05) is 6.54 Å². The molecule has 0 bridgehead atoms. The third-order valence-electron chi connectivity index (χ3n) is 3.42. The van der Waals surface area contributed by atoms with Crippen LogP contribution in [0.3, 0.4) is 0 Å². The fourth-order valence-corrected chi connectivity index (χ4v) is 1.91. The molecule has 10 nitrogen and oxygen atoms in total. The Morgan fingerprint density at radius 3 is 1.69 bits per heavy atom. The molecule has 0 aliphatic heterocycles. The van der Waals surface area contributed by atoms with Crippen LogP contribution in [0.1, 0.15) is 47.0 Å². The van der Waals surface area contributed by atoms with Gasteiger partial charge in [0.05, 0.1) is 0 Å². The minimum Gasteiger partial charge on any atom is -0.481 e. The van der Waals surface area contributed by atoms with Crippen LogP contribution in [0.4, 0.5) is 0 Å². The van der Waals surface area contributed by atoms with E-state index in [1.807, 2.05) is 0 Å². The van der Waals surface area contributed by atoms with Crippen LogP contribution in [0.2, 0.25) is 0 Å². The van der Waals surface area contributed by atoms with Gasteiger partial charge in [0.15, 0.2) is 0 Å². The highest BCUT2D eigenvalue weighted by molar-refractivity contribution is 5.93. The van der Waals surface area contributed by atoms with E-state index in [0.717, 1.165) is 0 Å². The fraction of sp³-hybridized carbons (Fsp3) is 0.688. The number of carboxylic acid groups (broad SMARTS) is 1. The number of rotatable bonds is 11. The van der Waals surface area contributed by atoms with Crippen molar-refractivity contribution in [2.24, 2.45) is 0 Å². The third kappa shape index (κ3) is 9.60. The second-order valence-electron chi connectivity index (χ2n) is 5.89. The summed E-state index contributed by atoms with van der Waals surface area (Å²) in [6.07, 6.45) is 0.0328. The zero-order chi connectivity index (χ0) is 20.3. The van der Waals surface area contributed by atoms with Gasteiger partial charge in [-0.3, -0.25) is 24.0 Å². The number of amides is 4. The Bertz CT molecular complexity index is 537. The number of nitrogens with one attached hydrogen (secondary N) is 4. The fourth-order valence-electron chi connectivity index (χ4n) is 1.91. The van der Waals surface area contributed by atoms with Gasteiger partial charge in [-0.15, -0.1) is 0 Å². The number of carbonyl (C=O) groups excluding carboxylic acids is 4. The maximum atomic E-state index is 12.0. The zero-order valence-corrected chi connectivity index (χ0v) is 15.5. The van der Waals surface area contributed by atoms with E-state index >= 15 is 0 Å². The van der Waals surface area contributed by atoms with E-state index in [4.69, 9.17) is 5.11 Å². The molecule has 3 atom stereocenters. The lowest BCUT2D eigenvalue weighted by molar-refractivity contribution is -0.137. The summed E-state index contributed by atoms with van der Waals surface area (Å²) in [5, 5.41) is 18.4. The minimum atomic E-state index is -0.995. The lowest BCUT2D eigenvalue weighted by atomic mass is 10.2. The Balaban J connectivity index is 4.33. The lowest BCUT2D eigenvalue weighted by Gasteiger charge is -2.20. The van der Waals surface area contributed by atoms with Crippen LogP contribution >= 0.6 is 0 Å². The summed E-state index contributed by atoms with van der Waals surface area (Å²) in [6.45, 7) is 6.63. The number of hydrogen-bond donors (Lipinski definition) is 5. The van der Waals surface area contributed by atoms with Gasteiger partial charge in [0.25, 0.3) is 0 Å². The highest BCUT2D eigenvalue weighted by Crippen LogP contribution is 1.97. The summed E-state index contributed by atoms with van der Waals surface area (Å²) in [5.41, 5.74) is 0. The molecule has 0 fully saturated rings. The van der Waals surface area contributed by atoms with E-state index in [1.165, 1.54) is 20.8 Å². The molecule has 0 aromatic rings. The first-order valence-electron chi connectivity index (χ1n) is 8.48. The first-order chi connectivity index (χ1) is 12.1. The topological polar surface area (TPSA) is 154 Å². The largest absolute Gasteiger partial charge is 0.481 e. The van der Waals surface area contributed by atoms with Crippen molar-refractivity contribution in [2.45, 2.75) is 65.1 Å². The number of carboxylic acids is 1. The molecule has 26 heavy (non-hydrogen) atoms. The molecule has 0 heterocycles. The summed E-state index contributed by atoms with van der Waals surface area (Å²) < 4.78 is 0. The normalized spacial score (nSPS) is 13.7. The minimum absolute atomic E-state index is 0.00991. The van der Waals surface area contributed by atoms with Gasteiger partial charge in [-0.25, -0.2) is 0 Å². The van der Waals surface area contributed by atoms with Crippen LogP contribution in [-0.2, 0) is 24.0 Å². The van der Waals surface area contributed by atoms with Gasteiger partial charge in [-0.05, 0) is 34.1 Å². The van der Waals surface area contributed by atoms with Gasteiger partial charge in [0, 0.05) is 19.4 Å². The van der Waals surface area contributed by atoms with Crippen LogP contribution < -0.4 is 21.3 Å². The van der Waals surface area contributed by atoms with Crippen molar-refractivity contribution < 1.29 is 29.1 Å². The van der Waals surface area contributed by atoms with E-state index in [-0.39, 0.29) is 25.2 Å². The Morgan fingerprint density at radius 2 is 1.23 bits per heavy atom. The Labute approximate surface area is 152 Å². The monoisotopic (exact) mass is 372 g/mol. The SMILES string of the molecule is CCNC(=O)C(C)NC(=O)C(C)NC(=O)C(C)NC(=O)CCCC(=O)O. The van der Waals surface area contributed by atoms with E-state index in [9.17, 15) is 24.0 Å². The number of aliphatic carboxylic acids is 1. The first-order valence-corrected chi connectivity index (χ1v) is 8.48. The molecule has 4 amide bonds. The highest BCUT2D eigenvalue weighted by Gasteiger charge is 2.23. The first kappa shape index (κ1) is 23.4. The lowest BCUT2D eigenvalue weighted by Crippen LogP contribution is -2.54. The summed E-state index contributed by atoms with van der Waals surface area (Å²) in [5.74, 6) is -2.87. The van der Waals surface area contributed by atoms with E-state index in [0.29, 0.717) is 6.54 Å². The quantitative estimate of drug-likeness (QED) is 0.310. The van der Waals surface area contributed by atoms with Crippen LogP contribution in [-0.4, -0.2) is 59.4 Å². The molecule has 0 spiro atoms. The molecular formula is C16H28N4O6. The van der Waals surface area contributed by atoms with Crippen molar-refractivity contribution in [1.82, 2.24) is 21.3 Å². The molecule has 0 rings (SSSR count). The van der Waals surface area contributed by atoms with Crippen LogP contribution in [0, 0.1) is 0 Å². The highest BCUT2D eigenvalue weighted by atomic mass is 16.4. The predicted molar refractivity (Wildman–Crippen MR) is 93.0 cm³/mol. The summed E-state index contributed by atoms with van der Waals surface area (Å²) in [4.78, 5) is 57.6. The predicted octanol–water partition coefficient (Wildman–Crippen LogP) is -1.11. The molecule has 0 saturated carbocycles. The Hall–Kier alpha value is -2.65. The van der Waals surface area contributed by atoms with E-state index in [2.05, 4.69) is 21.3 Å². The molecular weight excluding hydrogens is 344 g/mol. The van der Waals surface area contributed by atoms with Crippen molar-refractivity contribution in [3.63, 3.8) is 0 Å². The second kappa shape index (κ2) is 11.8. The molecule has 5 N–H and O–H groups in total. The van der Waals surface area contributed by atoms with E-state index < -0.39 is 41.8 Å². The standard InChI is InChI=1S/C16H28N4O6/c1-5-17-14(24)9(2)19-16(26)11(4)20-15(25)10(3)18-12(21)7-6-8-13(22)23/h9-11H,5-8H2,1-4H3,(H,17,24)(H,18,21)(H,19,26)(H,20,25)(H,22,23). The van der Waals surface area contributed by atoms with E-state index in [1.54, 1.807) is 6.92 Å². The number of carbonyl (C=O) groups is 5. The molecule has 0 aliphatic rings. The summed E-state index contributed by atoms with van der Waals surface area (Å²) in [7, 11) is 0. The number of likely N-dealkylation sites (N-methyl/N-ethyl adjacent to an activating group) is 1. The maximum absolute atomic E-state index is 12.0. The van der Waals surface area contributed by atoms with Crippen molar-refractivity contribution in [3.05, 3.63) is 0 Å². The molecule has 0 saturated heterocycles. The maximum Gasteiger partial charge on any atom is 0.303 e. The van der Waals surface area contributed by atoms with Crippen molar-refractivity contribution >= 4 is 29.6 Å². The second-order valence-corrected chi connectivity index (χ2v) is 5.89. The molecule has 0 aromatic heterocycles.